The lowest BCUT2D eigenvalue weighted by Crippen LogP contribution is -2.29. The smallest absolute Gasteiger partial charge is 0.343 e. The fraction of sp³-hybridized carbons (Fsp3) is 0.312. The van der Waals surface area contributed by atoms with Crippen molar-refractivity contribution >= 4 is 24.0 Å². The summed E-state index contributed by atoms with van der Waals surface area (Å²) in [6.45, 7) is 2.14. The van der Waals surface area contributed by atoms with Crippen LogP contribution in [-0.4, -0.2) is 79.8 Å². The van der Waals surface area contributed by atoms with Gasteiger partial charge in [-0.25, -0.2) is 10.2 Å². The first-order valence-corrected chi connectivity index (χ1v) is 13.9. The molecule has 3 rings (SSSR count). The molecule has 0 saturated heterocycles. The number of rotatable bonds is 16. The number of ether oxygens (including phenoxy) is 8. The number of methoxy groups -OCH3 is 6. The first-order chi connectivity index (χ1) is 22.2. The molecule has 14 heteroatoms. The highest BCUT2D eigenvalue weighted by Gasteiger charge is 2.20. The Hall–Kier alpha value is -5.66. The first-order valence-electron chi connectivity index (χ1n) is 13.9. The van der Waals surface area contributed by atoms with Gasteiger partial charge < -0.3 is 43.2 Å². The van der Waals surface area contributed by atoms with Gasteiger partial charge >= 0.3 is 5.97 Å². The van der Waals surface area contributed by atoms with E-state index in [2.05, 4.69) is 15.8 Å². The first kappa shape index (κ1) is 34.8. The molecular formula is C32H37N3O11. The number of nitrogens with zero attached hydrogens (tertiary/aromatic N) is 1. The summed E-state index contributed by atoms with van der Waals surface area (Å²) < 4.78 is 43.0. The Morgan fingerprint density at radius 2 is 1.24 bits per heavy atom. The van der Waals surface area contributed by atoms with E-state index in [-0.39, 0.29) is 35.6 Å². The van der Waals surface area contributed by atoms with Crippen molar-refractivity contribution in [1.82, 2.24) is 10.7 Å². The largest absolute Gasteiger partial charge is 0.493 e. The van der Waals surface area contributed by atoms with Gasteiger partial charge in [0.05, 0.1) is 61.0 Å². The average Bonchev–Trinajstić information content (AvgIpc) is 3.07. The summed E-state index contributed by atoms with van der Waals surface area (Å²) in [5.74, 6) is 0.886. The van der Waals surface area contributed by atoms with Crippen LogP contribution in [0.3, 0.4) is 0 Å². The van der Waals surface area contributed by atoms with E-state index < -0.39 is 17.8 Å². The minimum absolute atomic E-state index is 0.0342. The van der Waals surface area contributed by atoms with Gasteiger partial charge in [0.1, 0.15) is 0 Å². The van der Waals surface area contributed by atoms with Crippen LogP contribution in [0.25, 0.3) is 0 Å². The molecule has 3 aromatic rings. The van der Waals surface area contributed by atoms with Crippen molar-refractivity contribution in [3.63, 3.8) is 0 Å². The molecule has 0 aromatic heterocycles. The maximum absolute atomic E-state index is 13.0. The van der Waals surface area contributed by atoms with Gasteiger partial charge in [0.2, 0.25) is 17.4 Å². The van der Waals surface area contributed by atoms with Gasteiger partial charge in [-0.2, -0.15) is 5.10 Å². The maximum Gasteiger partial charge on any atom is 0.343 e. The number of benzene rings is 3. The monoisotopic (exact) mass is 639 g/mol. The van der Waals surface area contributed by atoms with Gasteiger partial charge in [0.15, 0.2) is 34.5 Å². The second-order valence-electron chi connectivity index (χ2n) is 9.16. The zero-order valence-corrected chi connectivity index (χ0v) is 26.7. The van der Waals surface area contributed by atoms with E-state index in [0.29, 0.717) is 46.7 Å². The summed E-state index contributed by atoms with van der Waals surface area (Å²) in [6.07, 6.45) is 1.37. The molecule has 0 aliphatic heterocycles. The van der Waals surface area contributed by atoms with Crippen molar-refractivity contribution in [2.75, 3.05) is 55.8 Å². The van der Waals surface area contributed by atoms with Gasteiger partial charge in [-0.15, -0.1) is 0 Å². The zero-order chi connectivity index (χ0) is 33.6. The van der Waals surface area contributed by atoms with Gasteiger partial charge in [-0.3, -0.25) is 9.59 Å². The van der Waals surface area contributed by atoms with E-state index >= 15 is 0 Å². The number of esters is 1. The topological polar surface area (TPSA) is 161 Å². The average molecular weight is 640 g/mol. The van der Waals surface area contributed by atoms with Crippen LogP contribution >= 0.6 is 0 Å². The van der Waals surface area contributed by atoms with Crippen LogP contribution in [-0.2, 0) is 4.79 Å². The number of hydrogen-bond acceptors (Lipinski definition) is 12. The van der Waals surface area contributed by atoms with E-state index in [0.717, 1.165) is 0 Å². The molecular weight excluding hydrogens is 602 g/mol. The van der Waals surface area contributed by atoms with Crippen LogP contribution in [0.5, 0.6) is 46.0 Å². The summed E-state index contributed by atoms with van der Waals surface area (Å²) in [5.41, 5.74) is 3.42. The molecule has 2 N–H and O–H groups in total. The maximum atomic E-state index is 13.0. The number of hydrazone groups is 1. The third kappa shape index (κ3) is 8.71. The predicted octanol–water partition coefficient (Wildman–Crippen LogP) is 3.63. The van der Waals surface area contributed by atoms with Crippen LogP contribution in [0.1, 0.15) is 39.6 Å². The molecule has 0 saturated carbocycles. The van der Waals surface area contributed by atoms with Crippen molar-refractivity contribution < 1.29 is 52.3 Å². The molecule has 2 amide bonds. The highest BCUT2D eigenvalue weighted by Crippen LogP contribution is 2.39. The normalized spacial score (nSPS) is 10.5. The second kappa shape index (κ2) is 17.0. The van der Waals surface area contributed by atoms with E-state index in [1.54, 1.807) is 25.1 Å². The third-order valence-corrected chi connectivity index (χ3v) is 6.34. The van der Waals surface area contributed by atoms with E-state index in [1.807, 2.05) is 0 Å². The molecule has 0 fully saturated rings. The molecule has 0 unspecified atom stereocenters. The van der Waals surface area contributed by atoms with Crippen LogP contribution < -0.4 is 48.6 Å². The summed E-state index contributed by atoms with van der Waals surface area (Å²) in [4.78, 5) is 37.9. The van der Waals surface area contributed by atoms with Crippen molar-refractivity contribution in [3.8, 4) is 46.0 Å². The molecule has 0 aliphatic rings. The quantitative estimate of drug-likeness (QED) is 0.102. The van der Waals surface area contributed by atoms with E-state index in [1.165, 1.54) is 73.1 Å². The highest BCUT2D eigenvalue weighted by atomic mass is 16.6. The van der Waals surface area contributed by atoms with Crippen molar-refractivity contribution in [3.05, 3.63) is 59.2 Å². The summed E-state index contributed by atoms with van der Waals surface area (Å²) >= 11 is 0. The number of carbonyl (C=O) groups excluding carboxylic acids is 3. The predicted molar refractivity (Wildman–Crippen MR) is 167 cm³/mol. The van der Waals surface area contributed by atoms with E-state index in [9.17, 15) is 14.4 Å². The minimum Gasteiger partial charge on any atom is -0.493 e. The molecule has 0 atom stereocenters. The van der Waals surface area contributed by atoms with Crippen molar-refractivity contribution in [1.29, 1.82) is 0 Å². The standard InChI is InChI=1S/C32H37N3O11/c1-8-45-23-13-19(9-10-22(23)46-32(38)21-16-26(41-4)30(44-7)27(17-21)42-5)18-34-35-28(36)11-12-33-31(37)20-14-24(39-2)29(43-6)25(15-20)40-3/h9-10,13-18H,8,11-12H2,1-7H3,(H,33,37)(H,35,36)/b34-18+. The Balaban J connectivity index is 1.60. The SMILES string of the molecule is CCOc1cc(/C=N/NC(=O)CCNC(=O)c2cc(OC)c(OC)c(OC)c2)ccc1OC(=O)c1cc(OC)c(OC)c(OC)c1. The van der Waals surface area contributed by atoms with Crippen molar-refractivity contribution in [2.24, 2.45) is 5.10 Å². The Morgan fingerprint density at radius 1 is 0.696 bits per heavy atom. The summed E-state index contributed by atoms with van der Waals surface area (Å²) in [6, 6.07) is 10.8. The fourth-order valence-electron chi connectivity index (χ4n) is 4.15. The lowest BCUT2D eigenvalue weighted by molar-refractivity contribution is -0.120. The van der Waals surface area contributed by atoms with Gasteiger partial charge in [-0.1, -0.05) is 0 Å². The van der Waals surface area contributed by atoms with E-state index in [4.69, 9.17) is 37.9 Å². The van der Waals surface area contributed by atoms with Crippen LogP contribution in [0.4, 0.5) is 0 Å². The molecule has 0 bridgehead atoms. The Bertz CT molecular complexity index is 1520. The minimum atomic E-state index is -0.675. The molecule has 0 heterocycles. The third-order valence-electron chi connectivity index (χ3n) is 6.34. The Morgan fingerprint density at radius 3 is 1.74 bits per heavy atom. The molecule has 3 aromatic carbocycles. The molecule has 0 radical (unpaired) electrons. The number of nitrogens with one attached hydrogen (secondary N) is 2. The van der Waals surface area contributed by atoms with Crippen molar-refractivity contribution in [2.45, 2.75) is 13.3 Å². The van der Waals surface area contributed by atoms with Crippen LogP contribution in [0, 0.1) is 0 Å². The number of hydrogen-bond donors (Lipinski definition) is 2. The number of carbonyl (C=O) groups is 3. The summed E-state index contributed by atoms with van der Waals surface area (Å²) in [5, 5.41) is 6.64. The molecule has 246 valence electrons. The van der Waals surface area contributed by atoms with Gasteiger partial charge in [0.25, 0.3) is 5.91 Å². The van der Waals surface area contributed by atoms with Gasteiger partial charge in [-0.05, 0) is 55.0 Å². The number of amides is 2. The molecule has 0 spiro atoms. The highest BCUT2D eigenvalue weighted by molar-refractivity contribution is 5.96. The fourth-order valence-corrected chi connectivity index (χ4v) is 4.15. The lowest BCUT2D eigenvalue weighted by Gasteiger charge is -2.15. The second-order valence-corrected chi connectivity index (χ2v) is 9.16. The van der Waals surface area contributed by atoms with Crippen LogP contribution in [0.15, 0.2) is 47.6 Å². The van der Waals surface area contributed by atoms with Gasteiger partial charge in [0, 0.05) is 18.5 Å². The zero-order valence-electron chi connectivity index (χ0n) is 26.7. The lowest BCUT2D eigenvalue weighted by atomic mass is 10.1. The molecule has 46 heavy (non-hydrogen) atoms. The Labute approximate surface area is 266 Å². The summed E-state index contributed by atoms with van der Waals surface area (Å²) in [7, 11) is 8.71. The van der Waals surface area contributed by atoms with Crippen LogP contribution in [0.2, 0.25) is 0 Å². The molecule has 0 aliphatic carbocycles. The molecule has 14 nitrogen and oxygen atoms in total. The Kier molecular flexibility index (Phi) is 12.9.